The molecule has 0 fully saturated rings. The Morgan fingerprint density at radius 1 is 0.969 bits per heavy atom. The number of benzene rings is 3. The molecular weight excluding hydrogens is 427 g/mol. The zero-order chi connectivity index (χ0) is 22.4. The Balaban J connectivity index is 1.44. The topological polar surface area (TPSA) is 90.7 Å². The molecule has 1 aliphatic rings. The van der Waals surface area contributed by atoms with Crippen LogP contribution in [0.2, 0.25) is 0 Å². The van der Waals surface area contributed by atoms with Crippen LogP contribution in [0.4, 0.5) is 5.69 Å². The van der Waals surface area contributed by atoms with Crippen LogP contribution in [-0.4, -0.2) is 11.5 Å². The van der Waals surface area contributed by atoms with Gasteiger partial charge in [0.25, 0.3) is 5.69 Å². The standard InChI is InChI=1S/C24H23N2O5P/c27-26(28)22-12-14-23(15-13-22)31-32(29,30-18-19-6-2-1-3-7-19)25-17-16-21-11-10-20-8-4-5-9-24(20)21/h1-9,11-15H,10,16-18H2,(H,25,29). The van der Waals surface area contributed by atoms with Crippen LogP contribution in [0, 0.1) is 10.1 Å². The van der Waals surface area contributed by atoms with Crippen LogP contribution in [0.5, 0.6) is 5.75 Å². The van der Waals surface area contributed by atoms with Crippen molar-refractivity contribution in [3.8, 4) is 5.75 Å². The molecule has 0 radical (unpaired) electrons. The number of nitro benzene ring substituents is 1. The lowest BCUT2D eigenvalue weighted by Gasteiger charge is -2.20. The smallest absolute Gasteiger partial charge is 0.413 e. The third-order valence-corrected chi connectivity index (χ3v) is 6.68. The third kappa shape index (κ3) is 5.51. The minimum absolute atomic E-state index is 0.0721. The van der Waals surface area contributed by atoms with Gasteiger partial charge in [0.15, 0.2) is 0 Å². The molecule has 0 aromatic heterocycles. The fourth-order valence-corrected chi connectivity index (χ4v) is 4.84. The summed E-state index contributed by atoms with van der Waals surface area (Å²) in [6.45, 7) is 0.489. The van der Waals surface area contributed by atoms with Crippen molar-refractivity contribution >= 4 is 19.0 Å². The van der Waals surface area contributed by atoms with E-state index in [0.29, 0.717) is 13.0 Å². The van der Waals surface area contributed by atoms with Crippen molar-refractivity contribution in [2.24, 2.45) is 0 Å². The van der Waals surface area contributed by atoms with Crippen LogP contribution in [0.25, 0.3) is 5.57 Å². The molecule has 0 aliphatic heterocycles. The highest BCUT2D eigenvalue weighted by molar-refractivity contribution is 7.52. The van der Waals surface area contributed by atoms with Gasteiger partial charge in [-0.2, -0.15) is 0 Å². The highest BCUT2D eigenvalue weighted by Gasteiger charge is 2.27. The molecule has 3 aromatic carbocycles. The Bertz CT molecular complexity index is 1160. The summed E-state index contributed by atoms with van der Waals surface area (Å²) in [4.78, 5) is 10.4. The molecule has 1 unspecified atom stereocenters. The van der Waals surface area contributed by atoms with Crippen molar-refractivity contribution < 1.29 is 18.5 Å². The molecule has 1 aliphatic carbocycles. The highest BCUT2D eigenvalue weighted by Crippen LogP contribution is 2.45. The van der Waals surface area contributed by atoms with E-state index in [-0.39, 0.29) is 18.0 Å². The molecule has 0 bridgehead atoms. The second-order valence-electron chi connectivity index (χ2n) is 7.35. The fraction of sp³-hybridized carbons (Fsp3) is 0.167. The second kappa shape index (κ2) is 9.92. The van der Waals surface area contributed by atoms with E-state index in [1.165, 1.54) is 41.0 Å². The monoisotopic (exact) mass is 450 g/mol. The molecule has 8 heteroatoms. The number of hydrogen-bond acceptors (Lipinski definition) is 5. The van der Waals surface area contributed by atoms with Gasteiger partial charge in [-0.05, 0) is 47.2 Å². The van der Waals surface area contributed by atoms with Crippen LogP contribution in [0.1, 0.15) is 23.1 Å². The summed E-state index contributed by atoms with van der Waals surface area (Å²) in [6.07, 6.45) is 3.74. The van der Waals surface area contributed by atoms with E-state index in [4.69, 9.17) is 9.05 Å². The Labute approximate surface area is 186 Å². The van der Waals surface area contributed by atoms with Gasteiger partial charge in [-0.25, -0.2) is 9.65 Å². The minimum atomic E-state index is -3.73. The van der Waals surface area contributed by atoms with E-state index >= 15 is 0 Å². The molecule has 32 heavy (non-hydrogen) atoms. The van der Waals surface area contributed by atoms with Gasteiger partial charge in [-0.15, -0.1) is 0 Å². The summed E-state index contributed by atoms with van der Waals surface area (Å²) in [7, 11) is -3.73. The number of nitrogens with one attached hydrogen (secondary N) is 1. The lowest BCUT2D eigenvalue weighted by molar-refractivity contribution is -0.384. The average molecular weight is 450 g/mol. The average Bonchev–Trinajstić information content (AvgIpc) is 3.22. The van der Waals surface area contributed by atoms with Crippen molar-refractivity contribution in [3.63, 3.8) is 0 Å². The lowest BCUT2D eigenvalue weighted by Crippen LogP contribution is -2.18. The maximum Gasteiger partial charge on any atom is 0.459 e. The first-order valence-corrected chi connectivity index (χ1v) is 11.8. The molecule has 1 atom stereocenters. The fourth-order valence-electron chi connectivity index (χ4n) is 3.52. The number of fused-ring (bicyclic) bond motifs is 1. The van der Waals surface area contributed by atoms with Crippen LogP contribution < -0.4 is 9.61 Å². The van der Waals surface area contributed by atoms with Crippen molar-refractivity contribution in [2.45, 2.75) is 19.4 Å². The van der Waals surface area contributed by atoms with Gasteiger partial charge >= 0.3 is 7.75 Å². The molecule has 0 saturated heterocycles. The van der Waals surface area contributed by atoms with E-state index in [0.717, 1.165) is 12.0 Å². The van der Waals surface area contributed by atoms with Crippen molar-refractivity contribution in [1.82, 2.24) is 5.09 Å². The molecule has 0 amide bonds. The number of hydrogen-bond donors (Lipinski definition) is 1. The molecule has 3 aromatic rings. The zero-order valence-corrected chi connectivity index (χ0v) is 18.2. The summed E-state index contributed by atoms with van der Waals surface area (Å²) in [6, 6.07) is 23.0. The first-order valence-electron chi connectivity index (χ1n) is 10.3. The van der Waals surface area contributed by atoms with Crippen molar-refractivity contribution in [1.29, 1.82) is 0 Å². The van der Waals surface area contributed by atoms with Crippen LogP contribution in [0.3, 0.4) is 0 Å². The predicted molar refractivity (Wildman–Crippen MR) is 123 cm³/mol. The molecule has 4 rings (SSSR count). The van der Waals surface area contributed by atoms with Gasteiger partial charge in [0.05, 0.1) is 11.5 Å². The molecule has 0 spiro atoms. The van der Waals surface area contributed by atoms with Gasteiger partial charge in [0.1, 0.15) is 5.75 Å². The normalized spacial score (nSPS) is 14.3. The van der Waals surface area contributed by atoms with Gasteiger partial charge < -0.3 is 4.52 Å². The Morgan fingerprint density at radius 3 is 2.44 bits per heavy atom. The number of rotatable bonds is 10. The molecule has 0 heterocycles. The minimum Gasteiger partial charge on any atom is -0.413 e. The molecule has 0 saturated carbocycles. The largest absolute Gasteiger partial charge is 0.459 e. The SMILES string of the molecule is O=[N+]([O-])c1ccc(OP(=O)(NCCC2=CCc3ccccc32)OCc2ccccc2)cc1. The molecule has 1 N–H and O–H groups in total. The summed E-state index contributed by atoms with van der Waals surface area (Å²) in [5.74, 6) is 0.227. The number of nitro groups is 1. The Morgan fingerprint density at radius 2 is 1.69 bits per heavy atom. The molecular formula is C24H23N2O5P. The Kier molecular flexibility index (Phi) is 6.81. The first-order chi connectivity index (χ1) is 15.5. The van der Waals surface area contributed by atoms with E-state index in [2.05, 4.69) is 23.3 Å². The van der Waals surface area contributed by atoms with Gasteiger partial charge in [0, 0.05) is 18.7 Å². The maximum atomic E-state index is 13.5. The van der Waals surface area contributed by atoms with E-state index in [1.54, 1.807) is 0 Å². The van der Waals surface area contributed by atoms with Crippen LogP contribution in [-0.2, 0) is 22.1 Å². The van der Waals surface area contributed by atoms with Gasteiger partial charge in [-0.3, -0.25) is 14.6 Å². The quantitative estimate of drug-likeness (QED) is 0.234. The highest BCUT2D eigenvalue weighted by atomic mass is 31.2. The van der Waals surface area contributed by atoms with E-state index in [9.17, 15) is 14.7 Å². The summed E-state index contributed by atoms with van der Waals surface area (Å²) in [5.41, 5.74) is 4.48. The van der Waals surface area contributed by atoms with E-state index in [1.807, 2.05) is 42.5 Å². The first kappa shape index (κ1) is 22.0. The maximum absolute atomic E-state index is 13.5. The van der Waals surface area contributed by atoms with Crippen molar-refractivity contribution in [2.75, 3.05) is 6.54 Å². The third-order valence-electron chi connectivity index (χ3n) is 5.15. The molecule has 164 valence electrons. The summed E-state index contributed by atoms with van der Waals surface area (Å²) >= 11 is 0. The molecule has 7 nitrogen and oxygen atoms in total. The number of nitrogens with zero attached hydrogens (tertiary/aromatic N) is 1. The number of non-ortho nitro benzene ring substituents is 1. The van der Waals surface area contributed by atoms with Gasteiger partial charge in [-0.1, -0.05) is 60.7 Å². The second-order valence-corrected chi connectivity index (χ2v) is 9.10. The zero-order valence-electron chi connectivity index (χ0n) is 17.3. The predicted octanol–water partition coefficient (Wildman–Crippen LogP) is 5.92. The lowest BCUT2D eigenvalue weighted by atomic mass is 10.0. The summed E-state index contributed by atoms with van der Waals surface area (Å²) < 4.78 is 24.9. The summed E-state index contributed by atoms with van der Waals surface area (Å²) in [5, 5.41) is 13.8. The van der Waals surface area contributed by atoms with Gasteiger partial charge in [0.2, 0.25) is 0 Å². The van der Waals surface area contributed by atoms with E-state index < -0.39 is 12.7 Å². The van der Waals surface area contributed by atoms with Crippen LogP contribution >= 0.6 is 7.75 Å². The number of allylic oxidation sites excluding steroid dienone is 1. The van der Waals surface area contributed by atoms with Crippen molar-refractivity contribution in [3.05, 3.63) is 112 Å². The van der Waals surface area contributed by atoms with Crippen LogP contribution in [0.15, 0.2) is 84.9 Å². The Hall–Kier alpha value is -3.25.